The molecule has 0 atom stereocenters. The van der Waals surface area contributed by atoms with Crippen molar-refractivity contribution in [2.45, 2.75) is 58.5 Å². The number of hydrogen-bond donors (Lipinski definition) is 0. The van der Waals surface area contributed by atoms with Crippen LogP contribution in [0.25, 0.3) is 0 Å². The molecule has 0 saturated carbocycles. The maximum absolute atomic E-state index is 13.5. The first-order valence-electron chi connectivity index (χ1n) is 10.7. The fourth-order valence-corrected chi connectivity index (χ4v) is 4.44. The standard InChI is InChI=1S/C24H31BO6S/c1-8-32(27,28)15-17-10-12-19(22(26)18-11-9-16(2)21(14-18)29-7)20(13-17)25-30-23(3,4)24(5,6)31-25/h9-14H,8,15H2,1-7H3. The summed E-state index contributed by atoms with van der Waals surface area (Å²) < 4.78 is 42.2. The SMILES string of the molecule is CCS(=O)(=O)Cc1ccc(C(=O)c2ccc(C)c(OC)c2)c(B2OC(C)(C)C(C)(C)O2)c1. The van der Waals surface area contributed by atoms with Crippen LogP contribution in [0.2, 0.25) is 0 Å². The minimum Gasteiger partial charge on any atom is -0.496 e. The van der Waals surface area contributed by atoms with Crippen molar-refractivity contribution < 1.29 is 27.3 Å². The summed E-state index contributed by atoms with van der Waals surface area (Å²) in [5.74, 6) is 0.350. The van der Waals surface area contributed by atoms with E-state index in [4.69, 9.17) is 14.0 Å². The van der Waals surface area contributed by atoms with Crippen molar-refractivity contribution in [1.82, 2.24) is 0 Å². The smallest absolute Gasteiger partial charge is 0.495 e. The van der Waals surface area contributed by atoms with E-state index >= 15 is 0 Å². The highest BCUT2D eigenvalue weighted by Gasteiger charge is 2.52. The first kappa shape index (κ1) is 24.5. The summed E-state index contributed by atoms with van der Waals surface area (Å²) in [6, 6.07) is 10.4. The number of benzene rings is 2. The third-order valence-electron chi connectivity index (χ3n) is 6.36. The van der Waals surface area contributed by atoms with Crippen LogP contribution in [0.1, 0.15) is 61.7 Å². The third-order valence-corrected chi connectivity index (χ3v) is 8.02. The molecule has 1 heterocycles. The molecule has 0 amide bonds. The predicted octanol–water partition coefficient (Wildman–Crippen LogP) is 3.47. The molecule has 1 fully saturated rings. The Hall–Kier alpha value is -2.16. The maximum atomic E-state index is 13.5. The van der Waals surface area contributed by atoms with Crippen LogP contribution >= 0.6 is 0 Å². The molecular formula is C24H31BO6S. The van der Waals surface area contributed by atoms with E-state index in [1.807, 2.05) is 40.7 Å². The van der Waals surface area contributed by atoms with Crippen molar-refractivity contribution >= 4 is 28.2 Å². The molecule has 3 rings (SSSR count). The van der Waals surface area contributed by atoms with Crippen molar-refractivity contribution in [2.24, 2.45) is 0 Å². The van der Waals surface area contributed by atoms with Crippen molar-refractivity contribution in [3.8, 4) is 5.75 Å². The number of methoxy groups -OCH3 is 1. The molecule has 0 spiro atoms. The third kappa shape index (κ3) is 4.77. The monoisotopic (exact) mass is 458 g/mol. The Balaban J connectivity index is 2.10. The molecule has 0 aliphatic carbocycles. The van der Waals surface area contributed by atoms with Gasteiger partial charge in [0, 0.05) is 16.9 Å². The molecule has 6 nitrogen and oxygen atoms in total. The van der Waals surface area contributed by atoms with Crippen LogP contribution in [-0.4, -0.2) is 45.4 Å². The van der Waals surface area contributed by atoms with Gasteiger partial charge in [-0.1, -0.05) is 37.3 Å². The number of aryl methyl sites for hydroxylation is 1. The fourth-order valence-electron chi connectivity index (χ4n) is 3.55. The summed E-state index contributed by atoms with van der Waals surface area (Å²) >= 11 is 0. The number of ether oxygens (including phenoxy) is 1. The summed E-state index contributed by atoms with van der Waals surface area (Å²) in [4.78, 5) is 13.5. The number of carbonyl (C=O) groups is 1. The van der Waals surface area contributed by atoms with E-state index in [0.29, 0.717) is 27.9 Å². The van der Waals surface area contributed by atoms with E-state index in [1.54, 1.807) is 44.4 Å². The van der Waals surface area contributed by atoms with Gasteiger partial charge >= 0.3 is 7.12 Å². The van der Waals surface area contributed by atoms with Crippen molar-refractivity contribution in [3.63, 3.8) is 0 Å². The zero-order valence-corrected chi connectivity index (χ0v) is 20.6. The molecule has 0 aromatic heterocycles. The van der Waals surface area contributed by atoms with Crippen LogP contribution in [0.4, 0.5) is 0 Å². The number of sulfone groups is 1. The zero-order valence-electron chi connectivity index (χ0n) is 19.8. The number of rotatable bonds is 7. The Labute approximate surface area is 191 Å². The maximum Gasteiger partial charge on any atom is 0.495 e. The van der Waals surface area contributed by atoms with Gasteiger partial charge in [0.05, 0.1) is 24.1 Å². The average Bonchev–Trinajstić information content (AvgIpc) is 2.94. The Kier molecular flexibility index (Phi) is 6.62. The van der Waals surface area contributed by atoms with Gasteiger partial charge < -0.3 is 14.0 Å². The second-order valence-corrected chi connectivity index (χ2v) is 11.6. The largest absolute Gasteiger partial charge is 0.496 e. The number of carbonyl (C=O) groups excluding carboxylic acids is 1. The van der Waals surface area contributed by atoms with Crippen LogP contribution in [0.3, 0.4) is 0 Å². The van der Waals surface area contributed by atoms with E-state index in [1.165, 1.54) is 0 Å². The van der Waals surface area contributed by atoms with Gasteiger partial charge in [0.15, 0.2) is 15.6 Å². The quantitative estimate of drug-likeness (QED) is 0.467. The minimum atomic E-state index is -3.24. The summed E-state index contributed by atoms with van der Waals surface area (Å²) in [6.45, 7) is 11.3. The molecule has 172 valence electrons. The molecular weight excluding hydrogens is 427 g/mol. The van der Waals surface area contributed by atoms with Gasteiger partial charge in [0.1, 0.15) is 5.75 Å². The molecule has 0 bridgehead atoms. The molecule has 32 heavy (non-hydrogen) atoms. The first-order valence-corrected chi connectivity index (χ1v) is 12.5. The fraction of sp³-hybridized carbons (Fsp3) is 0.458. The molecule has 1 aliphatic heterocycles. The Bertz CT molecular complexity index is 1120. The van der Waals surface area contributed by atoms with Gasteiger partial charge in [-0.25, -0.2) is 8.42 Å². The molecule has 1 aliphatic rings. The zero-order chi connectivity index (χ0) is 23.9. The van der Waals surface area contributed by atoms with Crippen LogP contribution in [0, 0.1) is 6.92 Å². The molecule has 8 heteroatoms. The second kappa shape index (κ2) is 8.65. The van der Waals surface area contributed by atoms with E-state index in [9.17, 15) is 13.2 Å². The topological polar surface area (TPSA) is 78.9 Å². The lowest BCUT2D eigenvalue weighted by Crippen LogP contribution is -2.41. The van der Waals surface area contributed by atoms with Gasteiger partial charge in [0.2, 0.25) is 0 Å². The Morgan fingerprint density at radius 2 is 1.66 bits per heavy atom. The van der Waals surface area contributed by atoms with E-state index in [0.717, 1.165) is 5.56 Å². The molecule has 1 saturated heterocycles. The highest BCUT2D eigenvalue weighted by atomic mass is 32.2. The molecule has 2 aromatic carbocycles. The van der Waals surface area contributed by atoms with Gasteiger partial charge in [-0.2, -0.15) is 0 Å². The Morgan fingerprint density at radius 3 is 2.22 bits per heavy atom. The minimum absolute atomic E-state index is 0.0443. The molecule has 0 N–H and O–H groups in total. The van der Waals surface area contributed by atoms with Crippen LogP contribution in [0.15, 0.2) is 36.4 Å². The van der Waals surface area contributed by atoms with Crippen LogP contribution in [-0.2, 0) is 24.9 Å². The second-order valence-electron chi connectivity index (χ2n) is 9.20. The van der Waals surface area contributed by atoms with Crippen LogP contribution in [0.5, 0.6) is 5.75 Å². The molecule has 2 aromatic rings. The van der Waals surface area contributed by atoms with Gasteiger partial charge in [-0.15, -0.1) is 0 Å². The number of ketones is 1. The lowest BCUT2D eigenvalue weighted by atomic mass is 9.73. The lowest BCUT2D eigenvalue weighted by Gasteiger charge is -2.32. The normalized spacial score (nSPS) is 17.4. The van der Waals surface area contributed by atoms with E-state index in [2.05, 4.69) is 0 Å². The molecule has 0 unspecified atom stereocenters. The average molecular weight is 458 g/mol. The predicted molar refractivity (Wildman–Crippen MR) is 126 cm³/mol. The molecule has 0 radical (unpaired) electrons. The van der Waals surface area contributed by atoms with Gasteiger partial charge in [-0.3, -0.25) is 4.79 Å². The lowest BCUT2D eigenvalue weighted by molar-refractivity contribution is 0.00578. The highest BCUT2D eigenvalue weighted by Crippen LogP contribution is 2.37. The Morgan fingerprint density at radius 1 is 1.03 bits per heavy atom. The van der Waals surface area contributed by atoms with Crippen molar-refractivity contribution in [2.75, 3.05) is 12.9 Å². The van der Waals surface area contributed by atoms with E-state index < -0.39 is 28.2 Å². The highest BCUT2D eigenvalue weighted by molar-refractivity contribution is 7.90. The summed E-state index contributed by atoms with van der Waals surface area (Å²) in [6.07, 6.45) is 0. The summed E-state index contributed by atoms with van der Waals surface area (Å²) in [7, 11) is -2.47. The number of hydrogen-bond acceptors (Lipinski definition) is 6. The van der Waals surface area contributed by atoms with Gasteiger partial charge in [0.25, 0.3) is 0 Å². The van der Waals surface area contributed by atoms with Crippen molar-refractivity contribution in [1.29, 1.82) is 0 Å². The summed E-state index contributed by atoms with van der Waals surface area (Å²) in [5.41, 5.74) is 1.72. The van der Waals surface area contributed by atoms with Crippen molar-refractivity contribution in [3.05, 3.63) is 58.7 Å². The van der Waals surface area contributed by atoms with Gasteiger partial charge in [-0.05, 0) is 57.3 Å². The summed E-state index contributed by atoms with van der Waals surface area (Å²) in [5, 5.41) is 0. The van der Waals surface area contributed by atoms with Crippen LogP contribution < -0.4 is 10.2 Å². The first-order chi connectivity index (χ1) is 14.8. The van der Waals surface area contributed by atoms with E-state index in [-0.39, 0.29) is 17.3 Å².